The van der Waals surface area contributed by atoms with E-state index >= 15 is 0 Å². The number of morpholine rings is 1. The molecule has 9 nitrogen and oxygen atoms in total. The van der Waals surface area contributed by atoms with Crippen LogP contribution in [-0.4, -0.2) is 94.9 Å². The van der Waals surface area contributed by atoms with Crippen molar-refractivity contribution in [2.24, 2.45) is 23.5 Å². The number of carbonyl (C=O) groups excluding carboxylic acids is 1. The van der Waals surface area contributed by atoms with Crippen LogP contribution in [0.3, 0.4) is 0 Å². The lowest BCUT2D eigenvalue weighted by molar-refractivity contribution is -0.125. The molecule has 0 spiro atoms. The summed E-state index contributed by atoms with van der Waals surface area (Å²) in [5, 5.41) is 13.9. The van der Waals surface area contributed by atoms with E-state index in [9.17, 15) is 9.90 Å². The van der Waals surface area contributed by atoms with Crippen molar-refractivity contribution in [3.05, 3.63) is 23.8 Å². The van der Waals surface area contributed by atoms with Gasteiger partial charge in [0, 0.05) is 51.7 Å². The summed E-state index contributed by atoms with van der Waals surface area (Å²) >= 11 is 0. The first-order valence-corrected chi connectivity index (χ1v) is 14.5. The van der Waals surface area contributed by atoms with Crippen molar-refractivity contribution in [2.75, 3.05) is 66.8 Å². The van der Waals surface area contributed by atoms with Crippen molar-refractivity contribution < 1.29 is 28.8 Å². The number of ether oxygens (including phenoxy) is 4. The van der Waals surface area contributed by atoms with Crippen molar-refractivity contribution in [2.45, 2.75) is 65.0 Å². The van der Waals surface area contributed by atoms with Gasteiger partial charge in [0.2, 0.25) is 5.91 Å². The maximum Gasteiger partial charge on any atom is 0.222 e. The molecule has 1 aliphatic heterocycles. The topological polar surface area (TPSA) is 116 Å². The van der Waals surface area contributed by atoms with Crippen LogP contribution in [-0.2, 0) is 20.7 Å². The summed E-state index contributed by atoms with van der Waals surface area (Å²) in [6.45, 7) is 12.5. The van der Waals surface area contributed by atoms with E-state index in [2.05, 4.69) is 30.1 Å². The highest BCUT2D eigenvalue weighted by Gasteiger charge is 2.26. The standard InChI is InChI=1S/C30H53N3O6.2ClH/c1-22(2)25(19-24-8-9-28(37-5)29(20-24)39-15-7-14-36-4)21-26(31)27(34)18-23(3)30(35)32-10-6-11-33-12-16-38-17-13-33;;/h8-9,20,22-23,25-27,34H,6-7,10-19,21,31H2,1-5H3,(H,32,35);2*1H/t23-,25+,26+,27+;;/m1../s1. The molecule has 4 N–H and O–H groups in total. The van der Waals surface area contributed by atoms with Gasteiger partial charge in [-0.25, -0.2) is 0 Å². The number of carbonyl (C=O) groups is 1. The van der Waals surface area contributed by atoms with Gasteiger partial charge in [0.1, 0.15) is 0 Å². The van der Waals surface area contributed by atoms with Crippen molar-refractivity contribution in [3.63, 3.8) is 0 Å². The fraction of sp³-hybridized carbons (Fsp3) is 0.767. The molecule has 0 aromatic heterocycles. The van der Waals surface area contributed by atoms with E-state index in [4.69, 9.17) is 24.7 Å². The van der Waals surface area contributed by atoms with Crippen molar-refractivity contribution in [1.29, 1.82) is 0 Å². The average molecular weight is 625 g/mol. The van der Waals surface area contributed by atoms with Gasteiger partial charge in [-0.15, -0.1) is 24.8 Å². The lowest BCUT2D eigenvalue weighted by Crippen LogP contribution is -2.41. The molecule has 11 heteroatoms. The molecular formula is C30H55Cl2N3O6. The third-order valence-electron chi connectivity index (χ3n) is 7.58. The minimum Gasteiger partial charge on any atom is -0.493 e. The molecule has 0 radical (unpaired) electrons. The molecule has 1 aromatic carbocycles. The Balaban J connectivity index is 0.00000800. The second-order valence-corrected chi connectivity index (χ2v) is 11.1. The van der Waals surface area contributed by atoms with E-state index in [1.54, 1.807) is 14.2 Å². The number of nitrogens with zero attached hydrogens (tertiary/aromatic N) is 1. The Morgan fingerprint density at radius 3 is 2.41 bits per heavy atom. The Bertz CT molecular complexity index is 829. The maximum atomic E-state index is 12.6. The third kappa shape index (κ3) is 15.1. The number of nitrogens with one attached hydrogen (secondary N) is 1. The van der Waals surface area contributed by atoms with Gasteiger partial charge in [-0.05, 0) is 61.8 Å². The predicted octanol–water partition coefficient (Wildman–Crippen LogP) is 3.71. The quantitative estimate of drug-likeness (QED) is 0.200. The van der Waals surface area contributed by atoms with E-state index in [1.165, 1.54) is 0 Å². The summed E-state index contributed by atoms with van der Waals surface area (Å²) < 4.78 is 21.9. The van der Waals surface area contributed by atoms with Gasteiger partial charge in [0.05, 0.1) is 33.0 Å². The van der Waals surface area contributed by atoms with Gasteiger partial charge >= 0.3 is 0 Å². The van der Waals surface area contributed by atoms with Gasteiger partial charge in [0.15, 0.2) is 11.5 Å². The Kier molecular flexibility index (Phi) is 21.5. The minimum absolute atomic E-state index is 0. The van der Waals surface area contributed by atoms with Crippen LogP contribution in [0, 0.1) is 17.8 Å². The highest BCUT2D eigenvalue weighted by Crippen LogP contribution is 2.31. The number of rotatable bonds is 19. The molecule has 41 heavy (non-hydrogen) atoms. The van der Waals surface area contributed by atoms with Crippen LogP contribution in [0.2, 0.25) is 0 Å². The molecule has 240 valence electrons. The molecule has 1 heterocycles. The highest BCUT2D eigenvalue weighted by atomic mass is 35.5. The first-order valence-electron chi connectivity index (χ1n) is 14.5. The Labute approximate surface area is 260 Å². The second-order valence-electron chi connectivity index (χ2n) is 11.1. The van der Waals surface area contributed by atoms with E-state index in [0.717, 1.165) is 63.4 Å². The average Bonchev–Trinajstić information content (AvgIpc) is 2.93. The third-order valence-corrected chi connectivity index (χ3v) is 7.58. The molecule has 0 aliphatic carbocycles. The van der Waals surface area contributed by atoms with Crippen molar-refractivity contribution in [3.8, 4) is 11.5 Å². The molecule has 1 amide bonds. The maximum absolute atomic E-state index is 12.6. The smallest absolute Gasteiger partial charge is 0.222 e. The molecule has 2 rings (SSSR count). The molecule has 0 saturated carbocycles. The number of halogens is 2. The fourth-order valence-electron chi connectivity index (χ4n) is 4.90. The largest absolute Gasteiger partial charge is 0.493 e. The summed E-state index contributed by atoms with van der Waals surface area (Å²) in [6.07, 6.45) is 2.80. The zero-order valence-electron chi connectivity index (χ0n) is 25.6. The molecule has 0 unspecified atom stereocenters. The molecule has 0 bridgehead atoms. The summed E-state index contributed by atoms with van der Waals surface area (Å²) in [6, 6.07) is 5.63. The van der Waals surface area contributed by atoms with Crippen LogP contribution >= 0.6 is 24.8 Å². The number of aliphatic hydroxyl groups is 1. The number of nitrogens with two attached hydrogens (primary N) is 1. The van der Waals surface area contributed by atoms with Crippen LogP contribution in [0.4, 0.5) is 0 Å². The van der Waals surface area contributed by atoms with Gasteiger partial charge < -0.3 is 35.1 Å². The van der Waals surface area contributed by atoms with Crippen LogP contribution < -0.4 is 20.5 Å². The second kappa shape index (κ2) is 22.2. The zero-order valence-corrected chi connectivity index (χ0v) is 27.3. The number of amides is 1. The summed E-state index contributed by atoms with van der Waals surface area (Å²) in [7, 11) is 3.32. The normalized spacial score (nSPS) is 16.6. The molecule has 1 aromatic rings. The van der Waals surface area contributed by atoms with Crippen molar-refractivity contribution in [1.82, 2.24) is 10.2 Å². The number of hydrogen-bond acceptors (Lipinski definition) is 8. The van der Waals surface area contributed by atoms with E-state index in [-0.39, 0.29) is 42.6 Å². The van der Waals surface area contributed by atoms with Crippen molar-refractivity contribution >= 4 is 30.7 Å². The van der Waals surface area contributed by atoms with E-state index in [0.29, 0.717) is 44.3 Å². The fourth-order valence-corrected chi connectivity index (χ4v) is 4.90. The molecule has 4 atom stereocenters. The monoisotopic (exact) mass is 623 g/mol. The van der Waals surface area contributed by atoms with Gasteiger partial charge in [-0.3, -0.25) is 9.69 Å². The van der Waals surface area contributed by atoms with Gasteiger partial charge in [-0.2, -0.15) is 0 Å². The minimum atomic E-state index is -0.740. The molecule has 1 fully saturated rings. The van der Waals surface area contributed by atoms with E-state index in [1.807, 2.05) is 19.1 Å². The Morgan fingerprint density at radius 1 is 1.07 bits per heavy atom. The van der Waals surface area contributed by atoms with Crippen LogP contribution in [0.25, 0.3) is 0 Å². The SMILES string of the molecule is COCCCOc1cc(C[C@@H](C[C@H](N)[C@@H](O)C[C@@H](C)C(=O)NCCCN2CCOCC2)C(C)C)ccc1OC.Cl.Cl. The summed E-state index contributed by atoms with van der Waals surface area (Å²) in [5.41, 5.74) is 7.62. The Morgan fingerprint density at radius 2 is 1.78 bits per heavy atom. The van der Waals surface area contributed by atoms with Gasteiger partial charge in [-0.1, -0.05) is 26.8 Å². The first-order chi connectivity index (χ1) is 18.7. The molecule has 1 aliphatic rings. The van der Waals surface area contributed by atoms with Crippen LogP contribution in [0.15, 0.2) is 18.2 Å². The number of benzene rings is 1. The zero-order chi connectivity index (χ0) is 28.6. The van der Waals surface area contributed by atoms with E-state index < -0.39 is 12.1 Å². The summed E-state index contributed by atoms with van der Waals surface area (Å²) in [5.74, 6) is 1.75. The number of hydrogen-bond donors (Lipinski definition) is 3. The number of methoxy groups -OCH3 is 2. The molecule has 1 saturated heterocycles. The Hall–Kier alpha value is -1.33. The number of aliphatic hydroxyl groups excluding tert-OH is 1. The lowest BCUT2D eigenvalue weighted by atomic mass is 9.82. The molecular weight excluding hydrogens is 569 g/mol. The van der Waals surface area contributed by atoms with Crippen LogP contribution in [0.1, 0.15) is 52.0 Å². The van der Waals surface area contributed by atoms with Crippen LogP contribution in [0.5, 0.6) is 11.5 Å². The lowest BCUT2D eigenvalue weighted by Gasteiger charge is -2.28. The summed E-state index contributed by atoms with van der Waals surface area (Å²) in [4.78, 5) is 15.0. The predicted molar refractivity (Wildman–Crippen MR) is 169 cm³/mol. The van der Waals surface area contributed by atoms with Gasteiger partial charge in [0.25, 0.3) is 0 Å². The highest BCUT2D eigenvalue weighted by molar-refractivity contribution is 5.85. The first kappa shape index (κ1) is 39.7.